The van der Waals surface area contributed by atoms with E-state index >= 15 is 0 Å². The van der Waals surface area contributed by atoms with E-state index in [9.17, 15) is 21.6 Å². The summed E-state index contributed by atoms with van der Waals surface area (Å²) in [5.41, 5.74) is 1.92. The molecule has 0 fully saturated rings. The molecule has 180 valence electrons. The third-order valence-corrected chi connectivity index (χ3v) is 8.45. The molecule has 0 radical (unpaired) electrons. The largest absolute Gasteiger partial charge is 0.308 e. The predicted molar refractivity (Wildman–Crippen MR) is 132 cm³/mol. The number of benzene rings is 2. The predicted octanol–water partition coefficient (Wildman–Crippen LogP) is 4.25. The van der Waals surface area contributed by atoms with Crippen molar-refractivity contribution in [3.8, 4) is 0 Å². The summed E-state index contributed by atoms with van der Waals surface area (Å²) < 4.78 is 51.4. The van der Waals surface area contributed by atoms with Gasteiger partial charge >= 0.3 is 0 Å². The van der Waals surface area contributed by atoms with Crippen molar-refractivity contribution in [2.45, 2.75) is 50.8 Å². The zero-order chi connectivity index (χ0) is 24.2. The lowest BCUT2D eigenvalue weighted by atomic mass is 10.0. The fourth-order valence-electron chi connectivity index (χ4n) is 3.99. The minimum Gasteiger partial charge on any atom is -0.308 e. The molecule has 1 N–H and O–H groups in total. The van der Waals surface area contributed by atoms with E-state index in [-0.39, 0.29) is 22.9 Å². The Hall–Kier alpha value is -2.39. The number of rotatable bonds is 10. The van der Waals surface area contributed by atoms with Crippen LogP contribution in [-0.2, 0) is 26.3 Å². The molecule has 0 spiro atoms. The van der Waals surface area contributed by atoms with Gasteiger partial charge in [0.2, 0.25) is 10.0 Å². The van der Waals surface area contributed by atoms with Crippen LogP contribution in [0.25, 0.3) is 0 Å². The molecular formula is C24H32N2O5S2. The Morgan fingerprint density at radius 1 is 1.09 bits per heavy atom. The first-order valence-corrected chi connectivity index (χ1v) is 14.8. The number of carbonyl (C=O) groups excluding carboxylic acids is 1. The molecule has 1 heterocycles. The van der Waals surface area contributed by atoms with Crippen molar-refractivity contribution in [1.82, 2.24) is 0 Å². The van der Waals surface area contributed by atoms with Gasteiger partial charge in [-0.1, -0.05) is 45.2 Å². The van der Waals surface area contributed by atoms with E-state index in [1.165, 1.54) is 0 Å². The molecule has 1 aliphatic heterocycles. The summed E-state index contributed by atoms with van der Waals surface area (Å²) in [6, 6.07) is 11.4. The van der Waals surface area contributed by atoms with E-state index in [1.807, 2.05) is 0 Å². The van der Waals surface area contributed by atoms with Gasteiger partial charge in [-0.3, -0.25) is 9.52 Å². The van der Waals surface area contributed by atoms with Gasteiger partial charge in [0.1, 0.15) is 0 Å². The highest BCUT2D eigenvalue weighted by Crippen LogP contribution is 2.33. The monoisotopic (exact) mass is 492 g/mol. The molecule has 0 unspecified atom stereocenters. The molecule has 0 aliphatic carbocycles. The average Bonchev–Trinajstić information content (AvgIpc) is 3.18. The molecule has 0 aromatic heterocycles. The van der Waals surface area contributed by atoms with Crippen LogP contribution in [0, 0.1) is 5.92 Å². The number of hydrogen-bond acceptors (Lipinski definition) is 5. The van der Waals surface area contributed by atoms with Crippen LogP contribution in [0.2, 0.25) is 0 Å². The van der Waals surface area contributed by atoms with Gasteiger partial charge < -0.3 is 4.90 Å². The number of hydrogen-bond donors (Lipinski definition) is 1. The van der Waals surface area contributed by atoms with Crippen LogP contribution in [0.15, 0.2) is 47.4 Å². The molecule has 1 aliphatic rings. The lowest BCUT2D eigenvalue weighted by molar-refractivity contribution is 0.0990. The summed E-state index contributed by atoms with van der Waals surface area (Å²) >= 11 is 0. The molecular weight excluding hydrogens is 460 g/mol. The van der Waals surface area contributed by atoms with Gasteiger partial charge in [0.15, 0.2) is 9.84 Å². The molecule has 0 saturated heterocycles. The fraction of sp³-hybridized carbons (Fsp3) is 0.458. The maximum atomic E-state index is 13.2. The van der Waals surface area contributed by atoms with Crippen LogP contribution in [0.4, 0.5) is 11.4 Å². The highest BCUT2D eigenvalue weighted by molar-refractivity contribution is 7.92. The number of nitrogens with zero attached hydrogens (tertiary/aromatic N) is 1. The summed E-state index contributed by atoms with van der Waals surface area (Å²) in [4.78, 5) is 15.1. The minimum absolute atomic E-state index is 0.120. The van der Waals surface area contributed by atoms with E-state index < -0.39 is 19.9 Å². The van der Waals surface area contributed by atoms with Gasteiger partial charge in [-0.2, -0.15) is 0 Å². The Bertz CT molecular complexity index is 1220. The van der Waals surface area contributed by atoms with Crippen molar-refractivity contribution < 1.29 is 21.6 Å². The lowest BCUT2D eigenvalue weighted by Crippen LogP contribution is -2.30. The zero-order valence-corrected chi connectivity index (χ0v) is 21.0. The van der Waals surface area contributed by atoms with Crippen molar-refractivity contribution >= 4 is 37.1 Å². The second-order valence-electron chi connectivity index (χ2n) is 8.75. The van der Waals surface area contributed by atoms with Gasteiger partial charge in [-0.05, 0) is 54.7 Å². The second kappa shape index (κ2) is 10.3. The normalized spacial score (nSPS) is 14.7. The number of amides is 1. The van der Waals surface area contributed by atoms with Crippen LogP contribution < -0.4 is 9.62 Å². The smallest absolute Gasteiger partial charge is 0.260 e. The molecule has 2 aromatic rings. The van der Waals surface area contributed by atoms with E-state index in [4.69, 9.17) is 0 Å². The van der Waals surface area contributed by atoms with Crippen molar-refractivity contribution in [2.24, 2.45) is 5.92 Å². The molecule has 7 nitrogen and oxygen atoms in total. The van der Waals surface area contributed by atoms with E-state index in [1.54, 1.807) is 47.4 Å². The summed E-state index contributed by atoms with van der Waals surface area (Å²) in [5, 5.41) is 0. The summed E-state index contributed by atoms with van der Waals surface area (Å²) in [6.07, 6.45) is 5.23. The highest BCUT2D eigenvalue weighted by atomic mass is 32.2. The molecule has 1 atom stereocenters. The van der Waals surface area contributed by atoms with Gasteiger partial charge in [0.05, 0.1) is 28.2 Å². The standard InChI is InChI=1S/C24H32N2O5S2/c1-4-18(2)9-7-8-16-33(30,31)20-12-13-23-19(17-20)14-15-26(23)24(27)21-10-5-6-11-22(21)25-32(3,28)29/h5-6,10-13,17-18,25H,4,7-9,14-16H2,1-3H3/t18-/m0/s1. The van der Waals surface area contributed by atoms with E-state index in [0.717, 1.165) is 31.1 Å². The van der Waals surface area contributed by atoms with Crippen LogP contribution in [0.3, 0.4) is 0 Å². The first kappa shape index (κ1) is 25.2. The Labute approximate surface area is 197 Å². The Morgan fingerprint density at radius 2 is 1.82 bits per heavy atom. The van der Waals surface area contributed by atoms with E-state index in [2.05, 4.69) is 18.6 Å². The van der Waals surface area contributed by atoms with Crippen molar-refractivity contribution in [3.05, 3.63) is 53.6 Å². The number of fused-ring (bicyclic) bond motifs is 1. The summed E-state index contributed by atoms with van der Waals surface area (Å²) in [7, 11) is -6.93. The van der Waals surface area contributed by atoms with Crippen molar-refractivity contribution in [2.75, 3.05) is 28.2 Å². The third-order valence-electron chi connectivity index (χ3n) is 6.06. The second-order valence-corrected chi connectivity index (χ2v) is 12.6. The summed E-state index contributed by atoms with van der Waals surface area (Å²) in [6.45, 7) is 4.72. The first-order chi connectivity index (χ1) is 15.5. The molecule has 9 heteroatoms. The maximum absolute atomic E-state index is 13.2. The quantitative estimate of drug-likeness (QED) is 0.500. The van der Waals surface area contributed by atoms with Crippen LogP contribution in [0.1, 0.15) is 55.5 Å². The minimum atomic E-state index is -3.54. The first-order valence-electron chi connectivity index (χ1n) is 11.3. The number of nitrogens with one attached hydrogen (secondary N) is 1. The maximum Gasteiger partial charge on any atom is 0.260 e. The van der Waals surface area contributed by atoms with Gasteiger partial charge in [0.25, 0.3) is 5.91 Å². The lowest BCUT2D eigenvalue weighted by Gasteiger charge is -2.19. The highest BCUT2D eigenvalue weighted by Gasteiger charge is 2.29. The molecule has 0 bridgehead atoms. The number of para-hydroxylation sites is 1. The Kier molecular flexibility index (Phi) is 7.84. The molecule has 3 rings (SSSR count). The van der Waals surface area contributed by atoms with Gasteiger partial charge in [-0.25, -0.2) is 16.8 Å². The Balaban J connectivity index is 1.77. The number of unbranched alkanes of at least 4 members (excludes halogenated alkanes) is 1. The number of sulfonamides is 1. The third kappa shape index (κ3) is 6.35. The molecule has 2 aromatic carbocycles. The van der Waals surface area contributed by atoms with Crippen LogP contribution in [-0.4, -0.2) is 41.3 Å². The van der Waals surface area contributed by atoms with E-state index in [0.29, 0.717) is 35.9 Å². The van der Waals surface area contributed by atoms with Gasteiger partial charge in [0, 0.05) is 12.2 Å². The molecule has 0 saturated carbocycles. The molecule has 33 heavy (non-hydrogen) atoms. The topological polar surface area (TPSA) is 101 Å². The number of carbonyl (C=O) groups is 1. The Morgan fingerprint density at radius 3 is 2.52 bits per heavy atom. The van der Waals surface area contributed by atoms with Crippen molar-refractivity contribution in [1.29, 1.82) is 0 Å². The average molecular weight is 493 g/mol. The SMILES string of the molecule is CC[C@H](C)CCCCS(=O)(=O)c1ccc2c(c1)CCN2C(=O)c1ccccc1NS(C)(=O)=O. The molecule has 1 amide bonds. The summed E-state index contributed by atoms with van der Waals surface area (Å²) in [5.74, 6) is 0.394. The van der Waals surface area contributed by atoms with Gasteiger partial charge in [-0.15, -0.1) is 0 Å². The number of sulfone groups is 1. The fourth-order valence-corrected chi connectivity index (χ4v) is 5.99. The number of anilines is 2. The van der Waals surface area contributed by atoms with Crippen LogP contribution in [0.5, 0.6) is 0 Å². The van der Waals surface area contributed by atoms with Crippen LogP contribution >= 0.6 is 0 Å². The van der Waals surface area contributed by atoms with Crippen molar-refractivity contribution in [3.63, 3.8) is 0 Å². The zero-order valence-electron chi connectivity index (χ0n) is 19.4.